The van der Waals surface area contributed by atoms with Gasteiger partial charge in [-0.05, 0) is 6.07 Å². The molecule has 0 bridgehead atoms. The van der Waals surface area contributed by atoms with Crippen LogP contribution in [0.25, 0.3) is 0 Å². The summed E-state index contributed by atoms with van der Waals surface area (Å²) < 4.78 is 4.93. The number of nitrogens with one attached hydrogen (secondary N) is 1. The molecule has 8 nitrogen and oxygen atoms in total. The number of methoxy groups -OCH3 is 1. The summed E-state index contributed by atoms with van der Waals surface area (Å²) in [5.74, 6) is 0.0938. The molecule has 0 fully saturated rings. The molecular weight excluding hydrogens is 280 g/mol. The monoisotopic (exact) mass is 292 g/mol. The van der Waals surface area contributed by atoms with Crippen LogP contribution in [0.1, 0.15) is 16.8 Å². The van der Waals surface area contributed by atoms with Crippen LogP contribution in [-0.4, -0.2) is 35.1 Å². The summed E-state index contributed by atoms with van der Waals surface area (Å²) in [6.45, 7) is 0. The molecule has 8 heteroatoms. The predicted octanol–water partition coefficient (Wildman–Crippen LogP) is 0.810. The molecule has 1 aromatic rings. The molecule has 0 radical (unpaired) electrons. The van der Waals surface area contributed by atoms with E-state index >= 15 is 0 Å². The van der Waals surface area contributed by atoms with Crippen molar-refractivity contribution in [3.8, 4) is 18.1 Å². The zero-order valence-corrected chi connectivity index (χ0v) is 11.0. The number of benzene rings is 1. The van der Waals surface area contributed by atoms with Crippen LogP contribution in [0.5, 0.6) is 5.75 Å². The Bertz CT molecular complexity index is 620. The Morgan fingerprint density at radius 2 is 2.24 bits per heavy atom. The SMILES string of the molecule is C#CCC(NC(=O)c1cc([N+](=O)[O-])ccc1OC)C(=O)O. The van der Waals surface area contributed by atoms with Crippen molar-refractivity contribution < 1.29 is 24.4 Å². The number of carbonyl (C=O) groups is 2. The van der Waals surface area contributed by atoms with Crippen LogP contribution in [0, 0.1) is 22.5 Å². The normalized spacial score (nSPS) is 11.0. The van der Waals surface area contributed by atoms with Gasteiger partial charge >= 0.3 is 5.97 Å². The minimum Gasteiger partial charge on any atom is -0.496 e. The Hall–Kier alpha value is -3.08. The van der Waals surface area contributed by atoms with Gasteiger partial charge in [0.15, 0.2) is 0 Å². The number of hydrogen-bond acceptors (Lipinski definition) is 5. The van der Waals surface area contributed by atoms with Gasteiger partial charge in [0.25, 0.3) is 11.6 Å². The van der Waals surface area contributed by atoms with Crippen molar-refractivity contribution in [1.82, 2.24) is 5.32 Å². The molecule has 1 unspecified atom stereocenters. The van der Waals surface area contributed by atoms with E-state index in [1.807, 2.05) is 0 Å². The molecule has 21 heavy (non-hydrogen) atoms. The lowest BCUT2D eigenvalue weighted by atomic mass is 10.1. The molecule has 2 N–H and O–H groups in total. The minimum atomic E-state index is -1.30. The highest BCUT2D eigenvalue weighted by molar-refractivity contribution is 5.99. The molecule has 0 aliphatic heterocycles. The van der Waals surface area contributed by atoms with Crippen molar-refractivity contribution >= 4 is 17.6 Å². The van der Waals surface area contributed by atoms with E-state index in [0.717, 1.165) is 6.07 Å². The van der Waals surface area contributed by atoms with Gasteiger partial charge in [-0.1, -0.05) is 0 Å². The highest BCUT2D eigenvalue weighted by atomic mass is 16.6. The third kappa shape index (κ3) is 3.94. The van der Waals surface area contributed by atoms with Gasteiger partial charge in [0.05, 0.1) is 17.6 Å². The summed E-state index contributed by atoms with van der Waals surface area (Å²) in [5, 5.41) is 21.8. The van der Waals surface area contributed by atoms with E-state index in [9.17, 15) is 19.7 Å². The lowest BCUT2D eigenvalue weighted by molar-refractivity contribution is -0.384. The smallest absolute Gasteiger partial charge is 0.327 e. The van der Waals surface area contributed by atoms with E-state index in [2.05, 4.69) is 11.2 Å². The zero-order valence-electron chi connectivity index (χ0n) is 11.0. The van der Waals surface area contributed by atoms with Gasteiger partial charge in [-0.15, -0.1) is 12.3 Å². The van der Waals surface area contributed by atoms with Crippen LogP contribution < -0.4 is 10.1 Å². The Labute approximate surface area is 119 Å². The second-order valence-electron chi connectivity index (χ2n) is 3.91. The fraction of sp³-hybridized carbons (Fsp3) is 0.231. The van der Waals surface area contributed by atoms with E-state index in [1.165, 1.54) is 19.2 Å². The minimum absolute atomic E-state index is 0.0861. The van der Waals surface area contributed by atoms with Crippen LogP contribution in [-0.2, 0) is 4.79 Å². The van der Waals surface area contributed by atoms with Gasteiger partial charge in [-0.25, -0.2) is 4.79 Å². The number of terminal acetylenes is 1. The average molecular weight is 292 g/mol. The molecule has 0 spiro atoms. The first-order chi connectivity index (χ1) is 9.90. The van der Waals surface area contributed by atoms with Crippen molar-refractivity contribution in [2.75, 3.05) is 7.11 Å². The molecule has 0 saturated heterocycles. The summed E-state index contributed by atoms with van der Waals surface area (Å²) in [7, 11) is 1.29. The number of non-ortho nitro benzene ring substituents is 1. The fourth-order valence-corrected chi connectivity index (χ4v) is 1.54. The summed E-state index contributed by atoms with van der Waals surface area (Å²) in [4.78, 5) is 33.0. The Kier molecular flexibility index (Phi) is 5.25. The lowest BCUT2D eigenvalue weighted by Crippen LogP contribution is -2.40. The zero-order chi connectivity index (χ0) is 16.0. The van der Waals surface area contributed by atoms with Gasteiger partial charge in [-0.3, -0.25) is 14.9 Å². The molecule has 110 valence electrons. The number of nitrogens with zero attached hydrogens (tertiary/aromatic N) is 1. The van der Waals surface area contributed by atoms with Crippen molar-refractivity contribution in [2.45, 2.75) is 12.5 Å². The van der Waals surface area contributed by atoms with Crippen LogP contribution >= 0.6 is 0 Å². The maximum Gasteiger partial charge on any atom is 0.327 e. The van der Waals surface area contributed by atoms with Crippen LogP contribution in [0.3, 0.4) is 0 Å². The van der Waals surface area contributed by atoms with Gasteiger partial charge in [-0.2, -0.15) is 0 Å². The molecule has 0 saturated carbocycles. The summed E-state index contributed by atoms with van der Waals surface area (Å²) in [6, 6.07) is 2.14. The van der Waals surface area contributed by atoms with Crippen molar-refractivity contribution in [3.05, 3.63) is 33.9 Å². The molecule has 1 amide bonds. The van der Waals surface area contributed by atoms with E-state index in [1.54, 1.807) is 0 Å². The van der Waals surface area contributed by atoms with Gasteiger partial charge < -0.3 is 15.2 Å². The number of carbonyl (C=O) groups excluding carboxylic acids is 1. The lowest BCUT2D eigenvalue weighted by Gasteiger charge is -2.13. The standard InChI is InChI=1S/C13H12N2O6/c1-3-4-10(13(17)18)14-12(16)9-7-8(15(19)20)5-6-11(9)21-2/h1,5-7,10H,4H2,2H3,(H,14,16)(H,17,18). The molecule has 0 aliphatic rings. The van der Waals surface area contributed by atoms with Gasteiger partial charge in [0, 0.05) is 18.6 Å². The predicted molar refractivity (Wildman–Crippen MR) is 72.0 cm³/mol. The van der Waals surface area contributed by atoms with Crippen LogP contribution in [0.15, 0.2) is 18.2 Å². The first-order valence-corrected chi connectivity index (χ1v) is 5.70. The Balaban J connectivity index is 3.10. The van der Waals surface area contributed by atoms with E-state index in [-0.39, 0.29) is 23.4 Å². The van der Waals surface area contributed by atoms with Crippen molar-refractivity contribution in [2.24, 2.45) is 0 Å². The number of nitro groups is 1. The molecular formula is C13H12N2O6. The highest BCUT2D eigenvalue weighted by Gasteiger charge is 2.23. The first-order valence-electron chi connectivity index (χ1n) is 5.70. The molecule has 0 aromatic heterocycles. The second-order valence-corrected chi connectivity index (χ2v) is 3.91. The Morgan fingerprint density at radius 1 is 1.57 bits per heavy atom. The number of carboxylic acids is 1. The fourth-order valence-electron chi connectivity index (χ4n) is 1.54. The third-order valence-electron chi connectivity index (χ3n) is 2.56. The van der Waals surface area contributed by atoms with E-state index in [4.69, 9.17) is 16.3 Å². The maximum atomic E-state index is 12.0. The Morgan fingerprint density at radius 3 is 2.71 bits per heavy atom. The van der Waals surface area contributed by atoms with Gasteiger partial charge in [0.2, 0.25) is 0 Å². The quantitative estimate of drug-likeness (QED) is 0.455. The van der Waals surface area contributed by atoms with Crippen molar-refractivity contribution in [3.63, 3.8) is 0 Å². The molecule has 1 atom stereocenters. The number of rotatable bonds is 6. The molecule has 0 heterocycles. The van der Waals surface area contributed by atoms with Crippen molar-refractivity contribution in [1.29, 1.82) is 0 Å². The second kappa shape index (κ2) is 6.91. The number of carboxylic acid groups (broad SMARTS) is 1. The maximum absolute atomic E-state index is 12.0. The number of amides is 1. The summed E-state index contributed by atoms with van der Waals surface area (Å²) >= 11 is 0. The number of aliphatic carboxylic acids is 1. The average Bonchev–Trinajstić information content (AvgIpc) is 2.45. The summed E-state index contributed by atoms with van der Waals surface area (Å²) in [6.07, 6.45) is 4.81. The molecule has 1 aromatic carbocycles. The molecule has 1 rings (SSSR count). The first kappa shape index (κ1) is 16.0. The summed E-state index contributed by atoms with van der Waals surface area (Å²) in [5.41, 5.74) is -0.459. The van der Waals surface area contributed by atoms with E-state index < -0.39 is 22.8 Å². The van der Waals surface area contributed by atoms with Crippen LogP contribution in [0.2, 0.25) is 0 Å². The highest BCUT2D eigenvalue weighted by Crippen LogP contribution is 2.24. The number of ether oxygens (including phenoxy) is 1. The third-order valence-corrected chi connectivity index (χ3v) is 2.56. The topological polar surface area (TPSA) is 119 Å². The number of hydrogen-bond donors (Lipinski definition) is 2. The van der Waals surface area contributed by atoms with Gasteiger partial charge in [0.1, 0.15) is 11.8 Å². The van der Waals surface area contributed by atoms with Crippen LogP contribution in [0.4, 0.5) is 5.69 Å². The van der Waals surface area contributed by atoms with E-state index in [0.29, 0.717) is 0 Å². The molecule has 0 aliphatic carbocycles. The largest absolute Gasteiger partial charge is 0.496 e. The number of nitro benzene ring substituents is 1.